The van der Waals surface area contributed by atoms with Crippen molar-refractivity contribution < 1.29 is 35.2 Å². The van der Waals surface area contributed by atoms with Crippen molar-refractivity contribution in [2.45, 2.75) is 56.6 Å². The van der Waals surface area contributed by atoms with Gasteiger partial charge in [0.25, 0.3) is 0 Å². The maximum atomic E-state index is 12.7. The zero-order valence-electron chi connectivity index (χ0n) is 17.7. The zero-order chi connectivity index (χ0) is 24.2. The third kappa shape index (κ3) is 5.26. The second-order valence-electron chi connectivity index (χ2n) is 8.83. The summed E-state index contributed by atoms with van der Waals surface area (Å²) >= 11 is 12.0. The summed E-state index contributed by atoms with van der Waals surface area (Å²) in [7, 11) is -5.67. The molecule has 0 amide bonds. The first-order valence-corrected chi connectivity index (χ1v) is 12.5. The fraction of sp³-hybridized carbons (Fsp3) is 0.571. The lowest BCUT2D eigenvalue weighted by atomic mass is 9.95. The molecule has 182 valence electrons. The molecule has 0 radical (unpaired) electrons. The SMILES string of the molecule is CC1(C)O[C@@H]2[C@@H](CCc3ccc4cc(Cl)c(Cl)nc4c3)C[C@H](COS(=O)(=O)C(F)(F)F)[C@@H]2O1. The number of hydrogen-bond donors (Lipinski definition) is 0. The molecule has 1 aliphatic carbocycles. The van der Waals surface area contributed by atoms with Crippen molar-refractivity contribution in [2.75, 3.05) is 6.61 Å². The number of ether oxygens (including phenoxy) is 2. The van der Waals surface area contributed by atoms with Crippen LogP contribution in [0.25, 0.3) is 10.9 Å². The largest absolute Gasteiger partial charge is 0.523 e. The summed E-state index contributed by atoms with van der Waals surface area (Å²) in [6.07, 6.45) is 0.827. The third-order valence-electron chi connectivity index (χ3n) is 6.02. The molecule has 1 aliphatic heterocycles. The number of hydrogen-bond acceptors (Lipinski definition) is 6. The molecule has 2 fully saturated rings. The highest BCUT2D eigenvalue weighted by Crippen LogP contribution is 2.46. The van der Waals surface area contributed by atoms with E-state index in [-0.39, 0.29) is 17.2 Å². The highest BCUT2D eigenvalue weighted by atomic mass is 35.5. The number of nitrogens with zero attached hydrogens (tertiary/aromatic N) is 1. The molecule has 2 aromatic rings. The summed E-state index contributed by atoms with van der Waals surface area (Å²) in [5.74, 6) is -1.51. The van der Waals surface area contributed by atoms with E-state index in [0.717, 1.165) is 10.9 Å². The Morgan fingerprint density at radius 2 is 1.82 bits per heavy atom. The number of aromatic nitrogens is 1. The Balaban J connectivity index is 1.46. The summed E-state index contributed by atoms with van der Waals surface area (Å²) in [4.78, 5) is 4.29. The number of rotatable bonds is 6. The Labute approximate surface area is 199 Å². The molecule has 12 heteroatoms. The second kappa shape index (κ2) is 8.80. The van der Waals surface area contributed by atoms with Crippen LogP contribution in [0, 0.1) is 11.8 Å². The summed E-state index contributed by atoms with van der Waals surface area (Å²) in [5, 5.41) is 1.44. The monoisotopic (exact) mass is 527 g/mol. The highest BCUT2D eigenvalue weighted by Gasteiger charge is 2.55. The number of fused-ring (bicyclic) bond motifs is 2. The van der Waals surface area contributed by atoms with Crippen LogP contribution in [-0.2, 0) is 30.2 Å². The molecule has 33 heavy (non-hydrogen) atoms. The molecule has 1 aromatic carbocycles. The van der Waals surface area contributed by atoms with Crippen LogP contribution in [0.5, 0.6) is 0 Å². The maximum Gasteiger partial charge on any atom is 0.523 e. The molecule has 0 spiro atoms. The Morgan fingerprint density at radius 1 is 1.15 bits per heavy atom. The molecule has 1 saturated heterocycles. The van der Waals surface area contributed by atoms with Crippen LogP contribution in [0.15, 0.2) is 24.3 Å². The van der Waals surface area contributed by atoms with E-state index in [0.29, 0.717) is 29.8 Å². The minimum absolute atomic E-state index is 0.0450. The number of halogens is 5. The predicted molar refractivity (Wildman–Crippen MR) is 116 cm³/mol. The van der Waals surface area contributed by atoms with E-state index >= 15 is 0 Å². The molecule has 1 saturated carbocycles. The van der Waals surface area contributed by atoms with E-state index in [2.05, 4.69) is 9.17 Å². The lowest BCUT2D eigenvalue weighted by molar-refractivity contribution is -0.162. The molecule has 2 aliphatic rings. The Bertz CT molecular complexity index is 1160. The van der Waals surface area contributed by atoms with E-state index in [1.54, 1.807) is 19.9 Å². The quantitative estimate of drug-likeness (QED) is 0.280. The van der Waals surface area contributed by atoms with Crippen LogP contribution in [0.4, 0.5) is 13.2 Å². The smallest absolute Gasteiger partial charge is 0.344 e. The predicted octanol–water partition coefficient (Wildman–Crippen LogP) is 5.50. The van der Waals surface area contributed by atoms with Gasteiger partial charge in [-0.3, -0.25) is 4.18 Å². The molecule has 4 atom stereocenters. The van der Waals surface area contributed by atoms with Crippen molar-refractivity contribution in [3.05, 3.63) is 40.0 Å². The number of aryl methyl sites for hydroxylation is 1. The average Bonchev–Trinajstić information content (AvgIpc) is 3.18. The molecule has 6 nitrogen and oxygen atoms in total. The van der Waals surface area contributed by atoms with Crippen molar-refractivity contribution in [1.82, 2.24) is 4.98 Å². The molecule has 0 unspecified atom stereocenters. The molecule has 4 rings (SSSR count). The first kappa shape index (κ1) is 24.9. The van der Waals surface area contributed by atoms with E-state index in [9.17, 15) is 21.6 Å². The van der Waals surface area contributed by atoms with Gasteiger partial charge in [-0.2, -0.15) is 21.6 Å². The van der Waals surface area contributed by atoms with E-state index in [4.69, 9.17) is 32.7 Å². The number of pyridine rings is 1. The van der Waals surface area contributed by atoms with E-state index in [1.165, 1.54) is 0 Å². The molecular formula is C21H22Cl2F3NO5S. The summed E-state index contributed by atoms with van der Waals surface area (Å²) in [5.41, 5.74) is -3.76. The first-order chi connectivity index (χ1) is 15.3. The Hall–Kier alpha value is -1.17. The van der Waals surface area contributed by atoms with Gasteiger partial charge in [-0.05, 0) is 56.7 Å². The van der Waals surface area contributed by atoms with E-state index < -0.39 is 40.0 Å². The Morgan fingerprint density at radius 3 is 2.48 bits per heavy atom. The molecule has 2 heterocycles. The van der Waals surface area contributed by atoms with Gasteiger partial charge in [0.15, 0.2) is 5.79 Å². The first-order valence-electron chi connectivity index (χ1n) is 10.3. The molecule has 0 N–H and O–H groups in total. The van der Waals surface area contributed by atoms with Crippen LogP contribution in [0.2, 0.25) is 10.2 Å². The van der Waals surface area contributed by atoms with Gasteiger partial charge < -0.3 is 9.47 Å². The fourth-order valence-corrected chi connectivity index (χ4v) is 5.36. The maximum absolute atomic E-state index is 12.7. The van der Waals surface area contributed by atoms with Crippen LogP contribution >= 0.6 is 23.2 Å². The van der Waals surface area contributed by atoms with Crippen LogP contribution < -0.4 is 0 Å². The van der Waals surface area contributed by atoms with Gasteiger partial charge in [-0.1, -0.05) is 35.3 Å². The summed E-state index contributed by atoms with van der Waals surface area (Å²) < 4.78 is 76.8. The third-order valence-corrected chi connectivity index (χ3v) is 7.70. The van der Waals surface area contributed by atoms with Crippen molar-refractivity contribution >= 4 is 44.2 Å². The minimum Gasteiger partial charge on any atom is -0.344 e. The minimum atomic E-state index is -5.67. The normalized spacial score (nSPS) is 27.2. The highest BCUT2D eigenvalue weighted by molar-refractivity contribution is 7.87. The van der Waals surface area contributed by atoms with Gasteiger partial charge in [-0.25, -0.2) is 4.98 Å². The van der Waals surface area contributed by atoms with Gasteiger partial charge in [0.1, 0.15) is 5.15 Å². The van der Waals surface area contributed by atoms with Gasteiger partial charge in [0.05, 0.1) is 29.4 Å². The fourth-order valence-electron chi connectivity index (χ4n) is 4.56. The van der Waals surface area contributed by atoms with Crippen molar-refractivity contribution in [3.8, 4) is 0 Å². The van der Waals surface area contributed by atoms with Gasteiger partial charge in [-0.15, -0.1) is 0 Å². The van der Waals surface area contributed by atoms with Gasteiger partial charge in [0.2, 0.25) is 0 Å². The molecule has 1 aromatic heterocycles. The second-order valence-corrected chi connectivity index (χ2v) is 11.2. The average molecular weight is 528 g/mol. The number of alkyl halides is 3. The summed E-state index contributed by atoms with van der Waals surface area (Å²) in [6, 6.07) is 7.50. The van der Waals surface area contributed by atoms with Crippen molar-refractivity contribution in [3.63, 3.8) is 0 Å². The van der Waals surface area contributed by atoms with Crippen LogP contribution in [0.3, 0.4) is 0 Å². The zero-order valence-corrected chi connectivity index (χ0v) is 20.1. The van der Waals surface area contributed by atoms with Crippen molar-refractivity contribution in [2.24, 2.45) is 11.8 Å². The summed E-state index contributed by atoms with van der Waals surface area (Å²) in [6.45, 7) is 2.82. The van der Waals surface area contributed by atoms with Crippen molar-refractivity contribution in [1.29, 1.82) is 0 Å². The molecule has 0 bridgehead atoms. The van der Waals surface area contributed by atoms with Crippen LogP contribution in [-0.4, -0.2) is 43.5 Å². The topological polar surface area (TPSA) is 74.7 Å². The Kier molecular flexibility index (Phi) is 6.65. The lowest BCUT2D eigenvalue weighted by Gasteiger charge is -2.23. The standard InChI is InChI=1S/C21H22Cl2F3NO5S/c1-20(2)31-17-13(8-14(18(17)32-20)10-30-33(28,29)21(24,25)26)6-4-11-3-5-12-9-15(22)19(23)27-16(12)7-11/h3,5,7,9,13-14,17-18H,4,6,8,10H2,1-2H3/t13-,14+,17+,18-/m0/s1. The van der Waals surface area contributed by atoms with Crippen LogP contribution in [0.1, 0.15) is 32.3 Å². The van der Waals surface area contributed by atoms with Gasteiger partial charge in [0, 0.05) is 11.3 Å². The van der Waals surface area contributed by atoms with Gasteiger partial charge >= 0.3 is 15.6 Å². The molecular weight excluding hydrogens is 506 g/mol. The number of benzene rings is 1. The van der Waals surface area contributed by atoms with E-state index in [1.807, 2.05) is 18.2 Å². The lowest BCUT2D eigenvalue weighted by Crippen LogP contribution is -2.32.